The first-order valence-electron chi connectivity index (χ1n) is 2.51. The lowest BCUT2D eigenvalue weighted by atomic mass is 10.4. The van der Waals surface area contributed by atoms with Crippen molar-refractivity contribution in [2.45, 2.75) is 0 Å². The van der Waals surface area contributed by atoms with Gasteiger partial charge in [0.15, 0.2) is 0 Å². The fraction of sp³-hybridized carbons (Fsp3) is 0. The zero-order chi connectivity index (χ0) is 7.56. The highest BCUT2D eigenvalue weighted by molar-refractivity contribution is 5.88. The maximum Gasteiger partial charge on any atom is 0.336 e. The van der Waals surface area contributed by atoms with Crippen molar-refractivity contribution in [1.29, 1.82) is 0 Å². The van der Waals surface area contributed by atoms with E-state index in [2.05, 4.69) is 4.74 Å². The van der Waals surface area contributed by atoms with Crippen LogP contribution >= 0.6 is 0 Å². The molecule has 1 heterocycles. The molecule has 0 saturated heterocycles. The van der Waals surface area contributed by atoms with Gasteiger partial charge in [-0.2, -0.15) is 0 Å². The molecule has 0 unspecified atom stereocenters. The van der Waals surface area contributed by atoms with Gasteiger partial charge in [-0.15, -0.1) is 0 Å². The molecule has 0 atom stereocenters. The summed E-state index contributed by atoms with van der Waals surface area (Å²) in [6, 6.07) is 0. The standard InChI is InChI=1S/C6H4O4/c7-5(8)3-4-1-2-6(9)10-4/h1-3H,(H,7,8)/p-1/b4-3-. The molecule has 1 aliphatic rings. The van der Waals surface area contributed by atoms with Gasteiger partial charge < -0.3 is 14.6 Å². The molecule has 0 radical (unpaired) electrons. The number of carboxylic acid groups (broad SMARTS) is 1. The highest BCUT2D eigenvalue weighted by Gasteiger charge is 2.07. The van der Waals surface area contributed by atoms with Crippen LogP contribution in [0.3, 0.4) is 0 Å². The van der Waals surface area contributed by atoms with Gasteiger partial charge in [0, 0.05) is 12.2 Å². The largest absolute Gasteiger partial charge is 0.545 e. The number of carbonyl (C=O) groups excluding carboxylic acids is 2. The van der Waals surface area contributed by atoms with Gasteiger partial charge in [-0.1, -0.05) is 0 Å². The summed E-state index contributed by atoms with van der Waals surface area (Å²) in [5.74, 6) is -1.94. The molecular weight excluding hydrogens is 136 g/mol. The van der Waals surface area contributed by atoms with Crippen LogP contribution in [0.1, 0.15) is 0 Å². The summed E-state index contributed by atoms with van der Waals surface area (Å²) >= 11 is 0. The Morgan fingerprint density at radius 2 is 2.30 bits per heavy atom. The minimum Gasteiger partial charge on any atom is -0.545 e. The number of aliphatic carboxylic acids is 1. The summed E-state index contributed by atoms with van der Waals surface area (Å²) in [6.07, 6.45) is 3.11. The third kappa shape index (κ3) is 1.45. The number of carbonyl (C=O) groups is 2. The van der Waals surface area contributed by atoms with E-state index < -0.39 is 11.9 Å². The lowest BCUT2D eigenvalue weighted by Gasteiger charge is -1.94. The second kappa shape index (κ2) is 2.34. The Balaban J connectivity index is 2.70. The van der Waals surface area contributed by atoms with Gasteiger partial charge in [0.25, 0.3) is 0 Å². The van der Waals surface area contributed by atoms with Gasteiger partial charge in [-0.05, 0) is 6.08 Å². The number of ether oxygens (including phenoxy) is 1. The van der Waals surface area contributed by atoms with Crippen molar-refractivity contribution < 1.29 is 19.4 Å². The molecule has 1 aliphatic heterocycles. The van der Waals surface area contributed by atoms with Gasteiger partial charge in [0.05, 0.1) is 5.97 Å². The second-order valence-electron chi connectivity index (χ2n) is 1.62. The average molecular weight is 139 g/mol. The lowest BCUT2D eigenvalue weighted by molar-refractivity contribution is -0.297. The van der Waals surface area contributed by atoms with Gasteiger partial charge >= 0.3 is 5.97 Å². The zero-order valence-corrected chi connectivity index (χ0v) is 4.87. The summed E-state index contributed by atoms with van der Waals surface area (Å²) < 4.78 is 4.36. The SMILES string of the molecule is O=C([O-])/C=C1/C=CC(=O)O1. The molecule has 0 bridgehead atoms. The van der Waals surface area contributed by atoms with E-state index in [1.807, 2.05) is 0 Å². The van der Waals surface area contributed by atoms with Crippen molar-refractivity contribution in [3.63, 3.8) is 0 Å². The van der Waals surface area contributed by atoms with Crippen LogP contribution in [0.25, 0.3) is 0 Å². The van der Waals surface area contributed by atoms with Gasteiger partial charge in [0.1, 0.15) is 5.76 Å². The van der Waals surface area contributed by atoms with Gasteiger partial charge in [-0.3, -0.25) is 0 Å². The Morgan fingerprint density at radius 1 is 1.60 bits per heavy atom. The van der Waals surface area contributed by atoms with Crippen molar-refractivity contribution >= 4 is 11.9 Å². The van der Waals surface area contributed by atoms with E-state index in [1.165, 1.54) is 6.08 Å². The maximum atomic E-state index is 10.3. The third-order valence-electron chi connectivity index (χ3n) is 0.862. The molecule has 0 spiro atoms. The van der Waals surface area contributed by atoms with Crippen LogP contribution in [0.5, 0.6) is 0 Å². The molecule has 0 saturated carbocycles. The van der Waals surface area contributed by atoms with E-state index >= 15 is 0 Å². The molecule has 0 N–H and O–H groups in total. The third-order valence-corrected chi connectivity index (χ3v) is 0.862. The summed E-state index contributed by atoms with van der Waals surface area (Å²) in [4.78, 5) is 20.1. The van der Waals surface area contributed by atoms with E-state index in [0.29, 0.717) is 6.08 Å². The molecule has 52 valence electrons. The number of cyclic esters (lactones) is 1. The second-order valence-corrected chi connectivity index (χ2v) is 1.62. The number of esters is 1. The molecule has 0 aromatic heterocycles. The minimum atomic E-state index is -1.38. The monoisotopic (exact) mass is 139 g/mol. The van der Waals surface area contributed by atoms with E-state index in [0.717, 1.165) is 6.08 Å². The molecule has 4 heteroatoms. The first-order chi connectivity index (χ1) is 4.68. The number of carboxylic acids is 1. The van der Waals surface area contributed by atoms with Crippen LogP contribution in [0.2, 0.25) is 0 Å². The van der Waals surface area contributed by atoms with Gasteiger partial charge in [-0.25, -0.2) is 4.79 Å². The van der Waals surface area contributed by atoms with E-state index in [9.17, 15) is 14.7 Å². The van der Waals surface area contributed by atoms with Crippen molar-refractivity contribution in [3.05, 3.63) is 24.0 Å². The maximum absolute atomic E-state index is 10.3. The highest BCUT2D eigenvalue weighted by atomic mass is 16.5. The van der Waals surface area contributed by atoms with E-state index in [4.69, 9.17) is 0 Å². The van der Waals surface area contributed by atoms with Crippen LogP contribution in [0.15, 0.2) is 24.0 Å². The van der Waals surface area contributed by atoms with Gasteiger partial charge in [0.2, 0.25) is 0 Å². The smallest absolute Gasteiger partial charge is 0.336 e. The van der Waals surface area contributed by atoms with Crippen LogP contribution in [-0.4, -0.2) is 11.9 Å². The Hall–Kier alpha value is -1.58. The fourth-order valence-electron chi connectivity index (χ4n) is 0.528. The first-order valence-corrected chi connectivity index (χ1v) is 2.51. The summed E-state index contributed by atoms with van der Waals surface area (Å²) in [5.41, 5.74) is 0. The van der Waals surface area contributed by atoms with Crippen molar-refractivity contribution in [2.75, 3.05) is 0 Å². The zero-order valence-electron chi connectivity index (χ0n) is 4.87. The van der Waals surface area contributed by atoms with Crippen LogP contribution < -0.4 is 5.11 Å². The lowest BCUT2D eigenvalue weighted by Crippen LogP contribution is -2.19. The first kappa shape index (κ1) is 6.54. The van der Waals surface area contributed by atoms with E-state index in [1.54, 1.807) is 0 Å². The normalized spacial score (nSPS) is 19.6. The molecule has 0 aromatic rings. The Labute approximate surface area is 56.4 Å². The van der Waals surface area contributed by atoms with Crippen LogP contribution in [0, 0.1) is 0 Å². The summed E-state index contributed by atoms with van der Waals surface area (Å²) in [5, 5.41) is 9.85. The minimum absolute atomic E-state index is 0.00463. The number of rotatable bonds is 1. The number of hydrogen-bond donors (Lipinski definition) is 0. The van der Waals surface area contributed by atoms with Crippen LogP contribution in [-0.2, 0) is 14.3 Å². The van der Waals surface area contributed by atoms with Crippen molar-refractivity contribution in [2.24, 2.45) is 0 Å². The molecule has 0 aliphatic carbocycles. The number of allylic oxidation sites excluding steroid dienone is 1. The summed E-state index contributed by atoms with van der Waals surface area (Å²) in [6.45, 7) is 0. The molecular formula is C6H3O4-. The molecule has 0 amide bonds. The predicted octanol–water partition coefficient (Wildman–Crippen LogP) is -1.27. The quantitative estimate of drug-likeness (QED) is 0.335. The molecule has 4 nitrogen and oxygen atoms in total. The fourth-order valence-corrected chi connectivity index (χ4v) is 0.528. The topological polar surface area (TPSA) is 66.4 Å². The predicted molar refractivity (Wildman–Crippen MR) is 28.3 cm³/mol. The molecule has 1 rings (SSSR count). The molecule has 0 aromatic carbocycles. The summed E-state index contributed by atoms with van der Waals surface area (Å²) in [7, 11) is 0. The van der Waals surface area contributed by atoms with Crippen LogP contribution in [0.4, 0.5) is 0 Å². The average Bonchev–Trinajstić information content (AvgIpc) is 2.13. The Kier molecular flexibility index (Phi) is 1.53. The van der Waals surface area contributed by atoms with Crippen molar-refractivity contribution in [1.82, 2.24) is 0 Å². The Morgan fingerprint density at radius 3 is 2.70 bits per heavy atom. The number of hydrogen-bond acceptors (Lipinski definition) is 4. The molecule has 10 heavy (non-hydrogen) atoms. The van der Waals surface area contributed by atoms with E-state index in [-0.39, 0.29) is 5.76 Å². The Bertz CT molecular complexity index is 236. The van der Waals surface area contributed by atoms with Crippen molar-refractivity contribution in [3.8, 4) is 0 Å². The highest BCUT2D eigenvalue weighted by Crippen LogP contribution is 2.07. The molecule has 0 fully saturated rings.